The number of hydrogen-bond donors (Lipinski definition) is 4. The number of carbonyl (C=O) groups is 3. The third-order valence-corrected chi connectivity index (χ3v) is 2.31. The molecule has 20 heavy (non-hydrogen) atoms. The number of carboxylic acids is 2. The Kier molecular flexibility index (Phi) is 3.42. The first-order valence-corrected chi connectivity index (χ1v) is 5.26. The van der Waals surface area contributed by atoms with Crippen LogP contribution in [0.1, 0.15) is 31.3 Å². The van der Waals surface area contributed by atoms with Crippen LogP contribution in [0.2, 0.25) is 0 Å². The number of aromatic nitrogens is 3. The van der Waals surface area contributed by atoms with Gasteiger partial charge in [0.1, 0.15) is 6.33 Å². The Labute approximate surface area is 111 Å². The maximum atomic E-state index is 11.7. The van der Waals surface area contributed by atoms with E-state index >= 15 is 0 Å². The van der Waals surface area contributed by atoms with Gasteiger partial charge in [0.25, 0.3) is 5.91 Å². The SMILES string of the molecule is O=C(O)c1cc(NC(=O)c2ncn[nH]2)cc(C(=O)O)c1. The molecule has 0 fully saturated rings. The molecule has 0 aliphatic rings. The van der Waals surface area contributed by atoms with Crippen LogP contribution < -0.4 is 5.32 Å². The van der Waals surface area contributed by atoms with Crippen LogP contribution in [0, 0.1) is 0 Å². The maximum absolute atomic E-state index is 11.7. The molecule has 0 radical (unpaired) electrons. The summed E-state index contributed by atoms with van der Waals surface area (Å²) in [6.45, 7) is 0. The van der Waals surface area contributed by atoms with E-state index in [4.69, 9.17) is 10.2 Å². The molecular formula is C11H8N4O5. The molecular weight excluding hydrogens is 268 g/mol. The van der Waals surface area contributed by atoms with E-state index in [0.29, 0.717) is 0 Å². The number of hydrogen-bond acceptors (Lipinski definition) is 5. The lowest BCUT2D eigenvalue weighted by Gasteiger charge is -2.06. The van der Waals surface area contributed by atoms with Crippen molar-refractivity contribution in [1.82, 2.24) is 15.2 Å². The standard InChI is InChI=1S/C11H8N4O5/c16-9(8-12-4-13-15-8)14-7-2-5(10(17)18)1-6(3-7)11(19)20/h1-4H,(H,14,16)(H,17,18)(H,19,20)(H,12,13,15). The van der Waals surface area contributed by atoms with E-state index in [1.165, 1.54) is 0 Å². The summed E-state index contributed by atoms with van der Waals surface area (Å²) in [5.41, 5.74) is -0.473. The number of anilines is 1. The summed E-state index contributed by atoms with van der Waals surface area (Å²) in [5.74, 6) is -3.35. The van der Waals surface area contributed by atoms with Crippen molar-refractivity contribution in [2.75, 3.05) is 5.32 Å². The van der Waals surface area contributed by atoms with Crippen molar-refractivity contribution in [3.63, 3.8) is 0 Å². The van der Waals surface area contributed by atoms with Crippen LogP contribution in [-0.4, -0.2) is 43.2 Å². The molecule has 0 aliphatic heterocycles. The highest BCUT2D eigenvalue weighted by atomic mass is 16.4. The number of carbonyl (C=O) groups excluding carboxylic acids is 1. The van der Waals surface area contributed by atoms with E-state index in [2.05, 4.69) is 20.5 Å². The van der Waals surface area contributed by atoms with Gasteiger partial charge in [0.05, 0.1) is 11.1 Å². The second-order valence-corrected chi connectivity index (χ2v) is 3.70. The van der Waals surface area contributed by atoms with Gasteiger partial charge in [-0.05, 0) is 18.2 Å². The summed E-state index contributed by atoms with van der Waals surface area (Å²) in [4.78, 5) is 37.1. The number of aromatic amines is 1. The molecule has 102 valence electrons. The Morgan fingerprint density at radius 3 is 2.10 bits per heavy atom. The highest BCUT2D eigenvalue weighted by molar-refractivity contribution is 6.03. The molecule has 1 heterocycles. The van der Waals surface area contributed by atoms with Crippen LogP contribution in [-0.2, 0) is 0 Å². The summed E-state index contributed by atoms with van der Waals surface area (Å²) in [6, 6.07) is 3.28. The Morgan fingerprint density at radius 2 is 1.65 bits per heavy atom. The summed E-state index contributed by atoms with van der Waals surface area (Å²) < 4.78 is 0. The van der Waals surface area contributed by atoms with E-state index in [1.54, 1.807) is 0 Å². The van der Waals surface area contributed by atoms with E-state index in [0.717, 1.165) is 24.5 Å². The predicted octanol–water partition coefficient (Wildman–Crippen LogP) is 0.453. The Morgan fingerprint density at radius 1 is 1.05 bits per heavy atom. The second-order valence-electron chi connectivity index (χ2n) is 3.70. The Hall–Kier alpha value is -3.23. The van der Waals surface area contributed by atoms with Gasteiger partial charge in [-0.25, -0.2) is 14.6 Å². The third kappa shape index (κ3) is 2.77. The van der Waals surface area contributed by atoms with Gasteiger partial charge in [0.15, 0.2) is 0 Å². The van der Waals surface area contributed by atoms with Crippen molar-refractivity contribution < 1.29 is 24.6 Å². The highest BCUT2D eigenvalue weighted by Gasteiger charge is 2.14. The third-order valence-electron chi connectivity index (χ3n) is 2.31. The maximum Gasteiger partial charge on any atom is 0.335 e. The average Bonchev–Trinajstić information content (AvgIpc) is 2.92. The van der Waals surface area contributed by atoms with Crippen molar-refractivity contribution >= 4 is 23.5 Å². The number of nitrogens with zero attached hydrogens (tertiary/aromatic N) is 2. The van der Waals surface area contributed by atoms with Crippen LogP contribution in [0.5, 0.6) is 0 Å². The van der Waals surface area contributed by atoms with Crippen molar-refractivity contribution in [2.45, 2.75) is 0 Å². The lowest BCUT2D eigenvalue weighted by Crippen LogP contribution is -2.15. The van der Waals surface area contributed by atoms with Gasteiger partial charge in [-0.2, -0.15) is 5.10 Å². The van der Waals surface area contributed by atoms with Gasteiger partial charge in [-0.3, -0.25) is 9.89 Å². The largest absolute Gasteiger partial charge is 0.478 e. The molecule has 4 N–H and O–H groups in total. The summed E-state index contributed by atoms with van der Waals surface area (Å²) in [7, 11) is 0. The fourth-order valence-electron chi connectivity index (χ4n) is 1.45. The van der Waals surface area contributed by atoms with Crippen molar-refractivity contribution in [1.29, 1.82) is 0 Å². The zero-order valence-electron chi connectivity index (χ0n) is 9.82. The van der Waals surface area contributed by atoms with E-state index < -0.39 is 17.8 Å². The number of amides is 1. The van der Waals surface area contributed by atoms with Gasteiger partial charge in [-0.15, -0.1) is 0 Å². The zero-order chi connectivity index (χ0) is 14.7. The fraction of sp³-hybridized carbons (Fsp3) is 0. The molecule has 9 heteroatoms. The van der Waals surface area contributed by atoms with Crippen molar-refractivity contribution in [3.8, 4) is 0 Å². The molecule has 0 unspecified atom stereocenters. The molecule has 0 saturated heterocycles. The number of nitrogens with one attached hydrogen (secondary N) is 2. The first-order chi connectivity index (χ1) is 9.47. The number of carboxylic acid groups (broad SMARTS) is 2. The molecule has 9 nitrogen and oxygen atoms in total. The van der Waals surface area contributed by atoms with Gasteiger partial charge < -0.3 is 15.5 Å². The minimum atomic E-state index is -1.30. The molecule has 0 spiro atoms. The molecule has 1 aromatic carbocycles. The number of rotatable bonds is 4. The minimum Gasteiger partial charge on any atom is -0.478 e. The molecule has 0 saturated carbocycles. The molecule has 1 aromatic heterocycles. The van der Waals surface area contributed by atoms with Gasteiger partial charge in [-0.1, -0.05) is 0 Å². The molecule has 0 atom stereocenters. The van der Waals surface area contributed by atoms with Crippen molar-refractivity contribution in [2.24, 2.45) is 0 Å². The fourth-order valence-corrected chi connectivity index (χ4v) is 1.45. The van der Waals surface area contributed by atoms with E-state index in [9.17, 15) is 14.4 Å². The lowest BCUT2D eigenvalue weighted by atomic mass is 10.1. The summed E-state index contributed by atoms with van der Waals surface area (Å²) in [5, 5.41) is 26.0. The second kappa shape index (κ2) is 5.18. The first-order valence-electron chi connectivity index (χ1n) is 5.26. The van der Waals surface area contributed by atoms with E-state index in [1.807, 2.05) is 0 Å². The summed E-state index contributed by atoms with van der Waals surface area (Å²) >= 11 is 0. The van der Waals surface area contributed by atoms with Crippen LogP contribution in [0.25, 0.3) is 0 Å². The highest BCUT2D eigenvalue weighted by Crippen LogP contribution is 2.16. The smallest absolute Gasteiger partial charge is 0.335 e. The quantitative estimate of drug-likeness (QED) is 0.634. The Balaban J connectivity index is 2.33. The number of H-pyrrole nitrogens is 1. The van der Waals surface area contributed by atoms with Crippen LogP contribution in [0.15, 0.2) is 24.5 Å². The molecule has 2 aromatic rings. The Bertz CT molecular complexity index is 648. The predicted molar refractivity (Wildman–Crippen MR) is 64.7 cm³/mol. The van der Waals surface area contributed by atoms with Crippen LogP contribution >= 0.6 is 0 Å². The number of benzene rings is 1. The molecule has 0 aliphatic carbocycles. The van der Waals surface area contributed by atoms with E-state index in [-0.39, 0.29) is 22.6 Å². The van der Waals surface area contributed by atoms with Crippen LogP contribution in [0.3, 0.4) is 0 Å². The van der Waals surface area contributed by atoms with Gasteiger partial charge >= 0.3 is 11.9 Å². The van der Waals surface area contributed by atoms with Gasteiger partial charge in [0.2, 0.25) is 5.82 Å². The first kappa shape index (κ1) is 13.2. The van der Waals surface area contributed by atoms with Crippen LogP contribution in [0.4, 0.5) is 5.69 Å². The molecule has 0 bridgehead atoms. The normalized spacial score (nSPS) is 10.0. The topological polar surface area (TPSA) is 145 Å². The molecule has 1 amide bonds. The minimum absolute atomic E-state index is 0.0312. The monoisotopic (exact) mass is 276 g/mol. The average molecular weight is 276 g/mol. The number of aromatic carboxylic acids is 2. The van der Waals surface area contributed by atoms with Crippen molar-refractivity contribution in [3.05, 3.63) is 41.5 Å². The summed E-state index contributed by atoms with van der Waals surface area (Å²) in [6.07, 6.45) is 1.13. The van der Waals surface area contributed by atoms with Gasteiger partial charge in [0, 0.05) is 5.69 Å². The lowest BCUT2D eigenvalue weighted by molar-refractivity contribution is 0.0696. The zero-order valence-corrected chi connectivity index (χ0v) is 9.82. The molecule has 2 rings (SSSR count).